The molecule has 0 spiro atoms. The number of rotatable bonds is 4. The van der Waals surface area contributed by atoms with Crippen LogP contribution in [0.4, 0.5) is 0 Å². The highest BCUT2D eigenvalue weighted by Crippen LogP contribution is 2.51. The number of Topliss-reactive ketones (excluding diaryl/α,β-unsaturated/α-hetero) is 2. The average molecular weight is 1010 g/mol. The van der Waals surface area contributed by atoms with Gasteiger partial charge in [0.15, 0.2) is 0 Å². The van der Waals surface area contributed by atoms with E-state index in [2.05, 4.69) is 36.0 Å². The molecule has 0 unspecified atom stereocenters. The number of carbonyl (C=O) groups excluding carboxylic acids is 4. The first-order chi connectivity index (χ1) is 32.6. The number of aromatic nitrogens is 2. The van der Waals surface area contributed by atoms with E-state index >= 15 is 0 Å². The number of aliphatic hydroxyl groups is 4. The summed E-state index contributed by atoms with van der Waals surface area (Å²) in [5.74, 6) is -1.09. The van der Waals surface area contributed by atoms with E-state index in [4.69, 9.17) is 9.47 Å². The molecule has 2 aliphatic carbocycles. The molecule has 14 atom stereocenters. The van der Waals surface area contributed by atoms with E-state index in [0.29, 0.717) is 36.5 Å². The van der Waals surface area contributed by atoms with Crippen molar-refractivity contribution in [1.29, 1.82) is 0 Å². The molecule has 12 nitrogen and oxygen atoms in total. The maximum absolute atomic E-state index is 13.3. The Bertz CT molecular complexity index is 2140. The van der Waals surface area contributed by atoms with Gasteiger partial charge in [0.1, 0.15) is 23.8 Å². The Morgan fingerprint density at radius 2 is 0.943 bits per heavy atom. The third kappa shape index (κ3) is 14.7. The average Bonchev–Trinajstić information content (AvgIpc) is 4.16. The van der Waals surface area contributed by atoms with Gasteiger partial charge in [-0.25, -0.2) is 9.97 Å². The Labute approximate surface area is 425 Å². The zero-order valence-corrected chi connectivity index (χ0v) is 45.8. The SMILES string of the molecule is C/C1=C/C[C@@H](/C(C)=C/c2csc(C)n2)OC(=O)C[C@H](O)C(C)(C)C(=O)[C@H](C)[C@@H](O)[C@@H](C)[C@@H]2C[C@H]2C1.C/C1=C/C[C@@H](/C(C)=C/c2csc(C)n2)OC(=O)C[C@H](O)C(C)(C)C(=O)[C@H](C)[C@@H](O)[C@@H](C)[C@H]2C[C@@H]2C1. The van der Waals surface area contributed by atoms with Crippen molar-refractivity contribution < 1.29 is 49.1 Å². The van der Waals surface area contributed by atoms with Crippen LogP contribution in [0.15, 0.2) is 45.2 Å². The van der Waals surface area contributed by atoms with Gasteiger partial charge in [-0.3, -0.25) is 19.2 Å². The molecule has 2 fully saturated rings. The minimum absolute atomic E-state index is 0.00272. The second-order valence-corrected chi connectivity index (χ2v) is 24.6. The van der Waals surface area contributed by atoms with Crippen LogP contribution in [0.2, 0.25) is 0 Å². The maximum atomic E-state index is 13.3. The van der Waals surface area contributed by atoms with Crippen LogP contribution in [-0.2, 0) is 28.7 Å². The molecule has 0 amide bonds. The van der Waals surface area contributed by atoms with Crippen LogP contribution in [0, 0.1) is 72.0 Å². The van der Waals surface area contributed by atoms with Crippen molar-refractivity contribution in [3.8, 4) is 0 Å². The normalized spacial score (nSPS) is 36.7. The Balaban J connectivity index is 0.000000261. The highest BCUT2D eigenvalue weighted by atomic mass is 32.1. The summed E-state index contributed by atoms with van der Waals surface area (Å²) in [6.07, 6.45) is 7.65. The highest BCUT2D eigenvalue weighted by molar-refractivity contribution is 7.09. The van der Waals surface area contributed by atoms with E-state index in [-0.39, 0.29) is 36.2 Å². The van der Waals surface area contributed by atoms with Gasteiger partial charge in [-0.1, -0.05) is 78.7 Å². The molecule has 2 saturated carbocycles. The number of fused-ring (bicyclic) bond motifs is 2. The van der Waals surface area contributed by atoms with Crippen molar-refractivity contribution in [2.45, 2.75) is 185 Å². The summed E-state index contributed by atoms with van der Waals surface area (Å²) in [6, 6.07) is 0. The van der Waals surface area contributed by atoms with E-state index in [1.807, 2.05) is 64.5 Å². The quantitative estimate of drug-likeness (QED) is 0.168. The van der Waals surface area contributed by atoms with E-state index in [1.54, 1.807) is 64.2 Å². The molecule has 2 aromatic rings. The summed E-state index contributed by atoms with van der Waals surface area (Å²) in [7, 11) is 0. The van der Waals surface area contributed by atoms with Gasteiger partial charge in [0.2, 0.25) is 0 Å². The molecule has 6 rings (SSSR count). The number of hydrogen-bond acceptors (Lipinski definition) is 14. The van der Waals surface area contributed by atoms with E-state index in [1.165, 1.54) is 11.1 Å². The van der Waals surface area contributed by atoms with Gasteiger partial charge in [0.25, 0.3) is 0 Å². The number of ketones is 2. The largest absolute Gasteiger partial charge is 0.457 e. The first-order valence-electron chi connectivity index (χ1n) is 25.3. The molecule has 4 N–H and O–H groups in total. The van der Waals surface area contributed by atoms with Gasteiger partial charge in [-0.05, 0) is 126 Å². The van der Waals surface area contributed by atoms with E-state index in [0.717, 1.165) is 58.2 Å². The molecule has 0 saturated heterocycles. The molecule has 14 heteroatoms. The zero-order chi connectivity index (χ0) is 52.2. The molecule has 2 aromatic heterocycles. The lowest BCUT2D eigenvalue weighted by Crippen LogP contribution is -2.46. The van der Waals surface area contributed by atoms with E-state index in [9.17, 15) is 39.6 Å². The maximum Gasteiger partial charge on any atom is 0.309 e. The van der Waals surface area contributed by atoms with Gasteiger partial charge in [-0.2, -0.15) is 0 Å². The van der Waals surface area contributed by atoms with Crippen molar-refractivity contribution in [3.05, 3.63) is 66.6 Å². The molecule has 70 heavy (non-hydrogen) atoms. The predicted octanol–water partition coefficient (Wildman–Crippen LogP) is 10.2. The summed E-state index contributed by atoms with van der Waals surface area (Å²) in [6.45, 7) is 26.0. The fraction of sp³-hybridized carbons (Fsp3) is 0.679. The highest BCUT2D eigenvalue weighted by Gasteiger charge is 2.49. The topological polar surface area (TPSA) is 193 Å². The van der Waals surface area contributed by atoms with Crippen molar-refractivity contribution in [3.63, 3.8) is 0 Å². The number of aliphatic hydroxyl groups excluding tert-OH is 4. The Morgan fingerprint density at radius 3 is 1.26 bits per heavy atom. The molecule has 4 heterocycles. The van der Waals surface area contributed by atoms with Crippen molar-refractivity contribution >= 4 is 58.3 Å². The van der Waals surface area contributed by atoms with Crippen LogP contribution >= 0.6 is 22.7 Å². The molecule has 2 aliphatic heterocycles. The third-order valence-electron chi connectivity index (χ3n) is 16.0. The molecule has 0 aromatic carbocycles. The van der Waals surface area contributed by atoms with Gasteiger partial charge in [0.05, 0.1) is 69.5 Å². The van der Waals surface area contributed by atoms with Crippen molar-refractivity contribution in [2.24, 2.45) is 58.2 Å². The number of allylic oxidation sites excluding steroid dienone is 2. The zero-order valence-electron chi connectivity index (χ0n) is 44.2. The number of nitrogens with zero attached hydrogens (tertiary/aromatic N) is 2. The predicted molar refractivity (Wildman–Crippen MR) is 277 cm³/mol. The third-order valence-corrected chi connectivity index (χ3v) is 17.6. The number of ether oxygens (including phenoxy) is 2. The second kappa shape index (κ2) is 23.9. The van der Waals surface area contributed by atoms with Crippen molar-refractivity contribution in [1.82, 2.24) is 9.97 Å². The number of carbonyl (C=O) groups is 4. The summed E-state index contributed by atoms with van der Waals surface area (Å²) in [5.41, 5.74) is 3.53. The molecular formula is C56H82N2O10S2. The first-order valence-corrected chi connectivity index (χ1v) is 27.1. The summed E-state index contributed by atoms with van der Waals surface area (Å²) >= 11 is 3.14. The Hall–Kier alpha value is -3.66. The van der Waals surface area contributed by atoms with Crippen LogP contribution in [0.25, 0.3) is 12.2 Å². The van der Waals surface area contributed by atoms with Crippen LogP contribution in [0.1, 0.15) is 156 Å². The molecule has 4 aliphatic rings. The monoisotopic (exact) mass is 1010 g/mol. The van der Waals surface area contributed by atoms with Crippen LogP contribution in [-0.4, -0.2) is 90.5 Å². The lowest BCUT2D eigenvalue weighted by atomic mass is 9.72. The lowest BCUT2D eigenvalue weighted by molar-refractivity contribution is -0.155. The van der Waals surface area contributed by atoms with Crippen LogP contribution < -0.4 is 0 Å². The number of hydrogen-bond donors (Lipinski definition) is 4. The minimum Gasteiger partial charge on any atom is -0.457 e. The first kappa shape index (κ1) is 57.2. The number of cyclic esters (lactones) is 2. The minimum atomic E-state index is -1.21. The van der Waals surface area contributed by atoms with Gasteiger partial charge < -0.3 is 29.9 Å². The van der Waals surface area contributed by atoms with Crippen LogP contribution in [0.5, 0.6) is 0 Å². The van der Waals surface area contributed by atoms with Gasteiger partial charge >= 0.3 is 11.9 Å². The Morgan fingerprint density at radius 1 is 0.600 bits per heavy atom. The molecule has 0 bridgehead atoms. The van der Waals surface area contributed by atoms with Crippen molar-refractivity contribution in [2.75, 3.05) is 0 Å². The second-order valence-electron chi connectivity index (χ2n) is 22.5. The summed E-state index contributed by atoms with van der Waals surface area (Å²) < 4.78 is 11.7. The van der Waals surface area contributed by atoms with Crippen LogP contribution in [0.3, 0.4) is 0 Å². The molecule has 0 radical (unpaired) electrons. The Kier molecular flexibility index (Phi) is 19.6. The number of thiazole rings is 2. The smallest absolute Gasteiger partial charge is 0.309 e. The molecular weight excluding hydrogens is 925 g/mol. The fourth-order valence-corrected chi connectivity index (χ4v) is 11.7. The van der Waals surface area contributed by atoms with Gasteiger partial charge in [0, 0.05) is 35.4 Å². The number of esters is 2. The lowest BCUT2D eigenvalue weighted by Gasteiger charge is -2.34. The standard InChI is InChI=1S/2C28H41NO5S/c2*1-15-8-9-23(16(2)11-21-14-35-19(5)29-21)34-25(31)13-24(30)28(6,7)27(33)18(4)26(32)17(3)22-12-20(22)10-15/h2*8,11,14,17-18,20,22-24,26,30,32H,9-10,12-13H2,1-7H3/b2*15-8-,16-11+/t17-,18+,20+,22-,23-,24-,26-;17-,18+,20-,22+,23-,24-,26-/m00/s1. The van der Waals surface area contributed by atoms with Gasteiger partial charge in [-0.15, -0.1) is 22.7 Å². The van der Waals surface area contributed by atoms with E-state index < -0.39 is 71.2 Å². The summed E-state index contributed by atoms with van der Waals surface area (Å²) in [4.78, 5) is 61.3. The number of aryl methyl sites for hydroxylation is 2. The summed E-state index contributed by atoms with van der Waals surface area (Å²) in [5, 5.41) is 49.6. The fourth-order valence-electron chi connectivity index (χ4n) is 10.6. The molecule has 388 valence electrons.